The molecule has 1 atom stereocenters. The fourth-order valence-electron chi connectivity index (χ4n) is 4.40. The second kappa shape index (κ2) is 10.8. The average molecular weight is 466 g/mol. The van der Waals surface area contributed by atoms with E-state index in [-0.39, 0.29) is 11.9 Å². The second-order valence-electron chi connectivity index (χ2n) is 8.46. The first-order valence-electron chi connectivity index (χ1n) is 11.4. The molecule has 174 valence electrons. The maximum Gasteiger partial charge on any atom is 0.221 e. The number of H-pyrrole nitrogens is 1. The summed E-state index contributed by atoms with van der Waals surface area (Å²) in [5, 5.41) is 10.4. The van der Waals surface area contributed by atoms with E-state index in [9.17, 15) is 4.79 Å². The highest BCUT2D eigenvalue weighted by Gasteiger charge is 2.24. The van der Waals surface area contributed by atoms with Crippen molar-refractivity contribution in [3.63, 3.8) is 0 Å². The van der Waals surface area contributed by atoms with Crippen molar-refractivity contribution >= 4 is 18.1 Å². The van der Waals surface area contributed by atoms with E-state index in [0.29, 0.717) is 24.3 Å². The van der Waals surface area contributed by atoms with Gasteiger partial charge in [0.2, 0.25) is 5.91 Å². The summed E-state index contributed by atoms with van der Waals surface area (Å²) in [4.78, 5) is 15.2. The number of likely N-dealkylation sites (tertiary alicyclic amines) is 1. The van der Waals surface area contributed by atoms with Gasteiger partial charge in [-0.15, -0.1) is 0 Å². The number of amides is 1. The lowest BCUT2D eigenvalue weighted by atomic mass is 10.0. The van der Waals surface area contributed by atoms with Crippen LogP contribution in [0.5, 0.6) is 5.75 Å². The number of hydrogen-bond donors (Lipinski definition) is 2. The monoisotopic (exact) mass is 465 g/mol. The molecule has 7 nitrogen and oxygen atoms in total. The minimum absolute atomic E-state index is 0.000357. The van der Waals surface area contributed by atoms with E-state index in [2.05, 4.69) is 38.6 Å². The standard InChI is InChI=1S/C25H31N5O2S/c1-18-7-5-9-20(15-18)24-27-28-25(33)30(24)14-11-23(31)26-17-22(29-12-3-4-13-29)19-8-6-10-21(16-19)32-2/h5-10,15-16,22H,3-4,11-14,17H2,1-2H3,(H,26,31)(H,28,33). The summed E-state index contributed by atoms with van der Waals surface area (Å²) < 4.78 is 7.82. The van der Waals surface area contributed by atoms with Crippen LogP contribution in [0.4, 0.5) is 0 Å². The van der Waals surface area contributed by atoms with E-state index < -0.39 is 0 Å². The first-order chi connectivity index (χ1) is 16.0. The highest BCUT2D eigenvalue weighted by molar-refractivity contribution is 7.71. The van der Waals surface area contributed by atoms with Gasteiger partial charge >= 0.3 is 0 Å². The number of hydrogen-bond acceptors (Lipinski definition) is 5. The summed E-state index contributed by atoms with van der Waals surface area (Å²) in [5.74, 6) is 1.59. The van der Waals surface area contributed by atoms with Gasteiger partial charge < -0.3 is 10.1 Å². The number of aryl methyl sites for hydroxylation is 1. The lowest BCUT2D eigenvalue weighted by Crippen LogP contribution is -2.37. The Kier molecular flexibility index (Phi) is 7.57. The van der Waals surface area contributed by atoms with Crippen molar-refractivity contribution in [2.75, 3.05) is 26.7 Å². The van der Waals surface area contributed by atoms with E-state index >= 15 is 0 Å². The summed E-state index contributed by atoms with van der Waals surface area (Å²) in [6.45, 7) is 5.16. The van der Waals surface area contributed by atoms with Crippen LogP contribution in [0.15, 0.2) is 48.5 Å². The van der Waals surface area contributed by atoms with E-state index in [1.165, 1.54) is 12.8 Å². The molecule has 1 saturated heterocycles. The van der Waals surface area contributed by atoms with Crippen molar-refractivity contribution in [2.24, 2.45) is 0 Å². The van der Waals surface area contributed by atoms with Gasteiger partial charge in [-0.25, -0.2) is 0 Å². The zero-order chi connectivity index (χ0) is 23.2. The van der Waals surface area contributed by atoms with Crippen molar-refractivity contribution < 1.29 is 9.53 Å². The van der Waals surface area contributed by atoms with Gasteiger partial charge in [-0.2, -0.15) is 5.10 Å². The molecule has 8 heteroatoms. The van der Waals surface area contributed by atoms with Crippen molar-refractivity contribution in [2.45, 2.75) is 38.8 Å². The molecule has 1 unspecified atom stereocenters. The summed E-state index contributed by atoms with van der Waals surface area (Å²) in [7, 11) is 1.68. The van der Waals surface area contributed by atoms with Gasteiger partial charge in [0.15, 0.2) is 10.6 Å². The quantitative estimate of drug-likeness (QED) is 0.462. The number of ether oxygens (including phenoxy) is 1. The molecule has 0 bridgehead atoms. The Hall–Kier alpha value is -2.97. The largest absolute Gasteiger partial charge is 0.497 e. The van der Waals surface area contributed by atoms with E-state index in [0.717, 1.165) is 41.4 Å². The van der Waals surface area contributed by atoms with Crippen LogP contribution in [-0.2, 0) is 11.3 Å². The van der Waals surface area contributed by atoms with Crippen LogP contribution in [0.25, 0.3) is 11.4 Å². The van der Waals surface area contributed by atoms with Crippen LogP contribution >= 0.6 is 12.2 Å². The zero-order valence-electron chi connectivity index (χ0n) is 19.2. The molecule has 1 aliphatic rings. The molecule has 1 fully saturated rings. The van der Waals surface area contributed by atoms with Gasteiger partial charge in [-0.3, -0.25) is 19.4 Å². The lowest BCUT2D eigenvalue weighted by Gasteiger charge is -2.28. The third-order valence-electron chi connectivity index (χ3n) is 6.15. The van der Waals surface area contributed by atoms with Gasteiger partial charge in [0.05, 0.1) is 13.2 Å². The lowest BCUT2D eigenvalue weighted by molar-refractivity contribution is -0.121. The molecule has 1 amide bonds. The third-order valence-corrected chi connectivity index (χ3v) is 6.46. The number of rotatable bonds is 9. The molecular weight excluding hydrogens is 434 g/mol. The minimum Gasteiger partial charge on any atom is -0.497 e. The Bertz CT molecular complexity index is 1150. The number of carbonyl (C=O) groups excluding carboxylic acids is 1. The summed E-state index contributed by atoms with van der Waals surface area (Å²) in [5.41, 5.74) is 3.29. The average Bonchev–Trinajstić information content (AvgIpc) is 3.48. The molecule has 0 aliphatic carbocycles. The minimum atomic E-state index is 0.000357. The predicted octanol–water partition coefficient (Wildman–Crippen LogP) is 4.27. The summed E-state index contributed by atoms with van der Waals surface area (Å²) in [6, 6.07) is 16.4. The van der Waals surface area contributed by atoms with Gasteiger partial charge in [-0.05, 0) is 68.8 Å². The molecule has 2 heterocycles. The van der Waals surface area contributed by atoms with Crippen LogP contribution < -0.4 is 10.1 Å². The predicted molar refractivity (Wildman–Crippen MR) is 132 cm³/mol. The Morgan fingerprint density at radius 2 is 2.00 bits per heavy atom. The van der Waals surface area contributed by atoms with Crippen LogP contribution in [0.1, 0.15) is 36.4 Å². The van der Waals surface area contributed by atoms with Gasteiger partial charge in [0, 0.05) is 25.1 Å². The molecule has 4 rings (SSSR count). The maximum absolute atomic E-state index is 12.8. The van der Waals surface area contributed by atoms with E-state index in [1.807, 2.05) is 41.8 Å². The molecule has 1 aromatic heterocycles. The maximum atomic E-state index is 12.8. The van der Waals surface area contributed by atoms with Crippen molar-refractivity contribution in [3.05, 3.63) is 64.4 Å². The van der Waals surface area contributed by atoms with E-state index in [1.54, 1.807) is 7.11 Å². The highest BCUT2D eigenvalue weighted by Crippen LogP contribution is 2.27. The Balaban J connectivity index is 1.41. The Morgan fingerprint density at radius 3 is 2.76 bits per heavy atom. The first-order valence-corrected chi connectivity index (χ1v) is 11.8. The van der Waals surface area contributed by atoms with Gasteiger partial charge in [0.25, 0.3) is 0 Å². The van der Waals surface area contributed by atoms with E-state index in [4.69, 9.17) is 17.0 Å². The molecular formula is C25H31N5O2S. The highest BCUT2D eigenvalue weighted by atomic mass is 32.1. The third kappa shape index (κ3) is 5.69. The Labute approximate surface area is 199 Å². The van der Waals surface area contributed by atoms with Crippen LogP contribution in [0.3, 0.4) is 0 Å². The normalized spacial score (nSPS) is 14.8. The molecule has 0 saturated carbocycles. The summed E-state index contributed by atoms with van der Waals surface area (Å²) in [6.07, 6.45) is 2.71. The van der Waals surface area contributed by atoms with Crippen LogP contribution in [-0.4, -0.2) is 52.3 Å². The number of methoxy groups -OCH3 is 1. The Morgan fingerprint density at radius 1 is 1.21 bits per heavy atom. The molecule has 2 aromatic carbocycles. The molecule has 1 aliphatic heterocycles. The molecule has 2 N–H and O–H groups in total. The number of benzene rings is 2. The van der Waals surface area contributed by atoms with Gasteiger partial charge in [0.1, 0.15) is 5.75 Å². The van der Waals surface area contributed by atoms with Crippen LogP contribution in [0, 0.1) is 11.7 Å². The molecule has 3 aromatic rings. The SMILES string of the molecule is COc1cccc(C(CNC(=O)CCn2c(-c3cccc(C)c3)n[nH]c2=S)N2CCCC2)c1. The number of aromatic amines is 1. The molecule has 0 radical (unpaired) electrons. The number of carbonyl (C=O) groups is 1. The fraction of sp³-hybridized carbons (Fsp3) is 0.400. The number of aromatic nitrogens is 3. The molecule has 33 heavy (non-hydrogen) atoms. The molecule has 0 spiro atoms. The smallest absolute Gasteiger partial charge is 0.221 e. The van der Waals surface area contributed by atoms with Crippen molar-refractivity contribution in [3.8, 4) is 17.1 Å². The fourth-order valence-corrected chi connectivity index (χ4v) is 4.63. The number of nitrogens with zero attached hydrogens (tertiary/aromatic N) is 3. The summed E-state index contributed by atoms with van der Waals surface area (Å²) >= 11 is 5.42. The second-order valence-corrected chi connectivity index (χ2v) is 8.85. The number of nitrogens with one attached hydrogen (secondary N) is 2. The zero-order valence-corrected chi connectivity index (χ0v) is 20.0. The van der Waals surface area contributed by atoms with Crippen LogP contribution in [0.2, 0.25) is 0 Å². The van der Waals surface area contributed by atoms with Crippen molar-refractivity contribution in [1.82, 2.24) is 25.0 Å². The van der Waals surface area contributed by atoms with Crippen molar-refractivity contribution in [1.29, 1.82) is 0 Å². The topological polar surface area (TPSA) is 75.2 Å². The van der Waals surface area contributed by atoms with Gasteiger partial charge in [-0.1, -0.05) is 35.9 Å². The first kappa shape index (κ1) is 23.2.